The van der Waals surface area contributed by atoms with E-state index in [2.05, 4.69) is 5.32 Å². The average molecular weight is 255 g/mol. The zero-order chi connectivity index (χ0) is 12.7. The highest BCUT2D eigenvalue weighted by molar-refractivity contribution is 7.80. The molecule has 0 bridgehead atoms. The first-order valence-corrected chi connectivity index (χ1v) is 5.76. The lowest BCUT2D eigenvalue weighted by atomic mass is 10.4. The second kappa shape index (κ2) is 7.03. The lowest BCUT2D eigenvalue weighted by molar-refractivity contribution is -0.121. The Bertz CT molecular complexity index is 390. The average Bonchev–Trinajstić information content (AvgIpc) is 2.72. The number of thiocarbonyl (C=S) groups is 1. The van der Waals surface area contributed by atoms with Crippen molar-refractivity contribution in [1.82, 2.24) is 9.88 Å². The molecule has 0 aromatic carbocycles. The molecule has 0 unspecified atom stereocenters. The molecule has 0 fully saturated rings. The quantitative estimate of drug-likeness (QED) is 0.542. The molecule has 5 nitrogen and oxygen atoms in total. The number of ether oxygens (including phenoxy) is 1. The van der Waals surface area contributed by atoms with Gasteiger partial charge in [-0.2, -0.15) is 0 Å². The summed E-state index contributed by atoms with van der Waals surface area (Å²) in [5.74, 6) is -0.0604. The summed E-state index contributed by atoms with van der Waals surface area (Å²) in [7, 11) is 1.64. The van der Waals surface area contributed by atoms with Crippen LogP contribution < -0.4 is 11.1 Å². The van der Waals surface area contributed by atoms with Gasteiger partial charge in [0.15, 0.2) is 0 Å². The maximum atomic E-state index is 11.6. The van der Waals surface area contributed by atoms with Crippen LogP contribution in [0, 0.1) is 0 Å². The first kappa shape index (κ1) is 13.7. The van der Waals surface area contributed by atoms with E-state index in [1.54, 1.807) is 23.9 Å². The fourth-order valence-corrected chi connectivity index (χ4v) is 1.62. The topological polar surface area (TPSA) is 69.3 Å². The number of rotatable bonds is 7. The molecule has 1 aromatic rings. The van der Waals surface area contributed by atoms with Gasteiger partial charge in [0, 0.05) is 26.5 Å². The summed E-state index contributed by atoms with van der Waals surface area (Å²) < 4.78 is 6.62. The van der Waals surface area contributed by atoms with Crippen molar-refractivity contribution in [2.45, 2.75) is 13.0 Å². The second-order valence-electron chi connectivity index (χ2n) is 3.58. The van der Waals surface area contributed by atoms with Crippen molar-refractivity contribution >= 4 is 23.1 Å². The molecule has 3 N–H and O–H groups in total. The van der Waals surface area contributed by atoms with Crippen LogP contribution in [0.3, 0.4) is 0 Å². The summed E-state index contributed by atoms with van der Waals surface area (Å²) in [6.45, 7) is 1.48. The number of carbonyl (C=O) groups excluding carboxylic acids is 1. The molecular weight excluding hydrogens is 238 g/mol. The molecule has 6 heteroatoms. The number of aromatic nitrogens is 1. The Balaban J connectivity index is 2.40. The molecule has 1 heterocycles. The minimum absolute atomic E-state index is 0.0604. The van der Waals surface area contributed by atoms with Crippen LogP contribution in [0.2, 0.25) is 0 Å². The second-order valence-corrected chi connectivity index (χ2v) is 4.02. The van der Waals surface area contributed by atoms with Crippen LogP contribution in [0.25, 0.3) is 0 Å². The predicted octanol–water partition coefficient (Wildman–Crippen LogP) is 0.275. The van der Waals surface area contributed by atoms with E-state index >= 15 is 0 Å². The summed E-state index contributed by atoms with van der Waals surface area (Å²) >= 11 is 4.89. The smallest absolute Gasteiger partial charge is 0.239 e. The lowest BCUT2D eigenvalue weighted by Crippen LogP contribution is -2.30. The molecule has 1 rings (SSSR count). The van der Waals surface area contributed by atoms with Crippen LogP contribution >= 0.6 is 12.2 Å². The predicted molar refractivity (Wildman–Crippen MR) is 69.8 cm³/mol. The molecular formula is C11H17N3O2S. The number of hydrogen-bond donors (Lipinski definition) is 2. The third kappa shape index (κ3) is 4.54. The van der Waals surface area contributed by atoms with Crippen molar-refractivity contribution in [3.05, 3.63) is 24.0 Å². The molecule has 0 spiro atoms. The van der Waals surface area contributed by atoms with E-state index in [0.29, 0.717) is 23.8 Å². The Hall–Kier alpha value is -1.40. The molecule has 0 atom stereocenters. The summed E-state index contributed by atoms with van der Waals surface area (Å²) in [5, 5.41) is 2.80. The van der Waals surface area contributed by atoms with Gasteiger partial charge in [-0.05, 0) is 18.6 Å². The molecule has 17 heavy (non-hydrogen) atoms. The van der Waals surface area contributed by atoms with Crippen LogP contribution in [-0.2, 0) is 16.1 Å². The van der Waals surface area contributed by atoms with E-state index in [9.17, 15) is 4.79 Å². The van der Waals surface area contributed by atoms with Crippen LogP contribution in [0.1, 0.15) is 12.1 Å². The number of amides is 1. The highest BCUT2D eigenvalue weighted by Crippen LogP contribution is 2.01. The van der Waals surface area contributed by atoms with Gasteiger partial charge in [-0.25, -0.2) is 0 Å². The summed E-state index contributed by atoms with van der Waals surface area (Å²) in [6, 6.07) is 3.60. The largest absolute Gasteiger partial charge is 0.388 e. The molecule has 0 saturated heterocycles. The van der Waals surface area contributed by atoms with Gasteiger partial charge in [0.05, 0.1) is 5.69 Å². The van der Waals surface area contributed by atoms with Crippen LogP contribution in [-0.4, -0.2) is 35.7 Å². The van der Waals surface area contributed by atoms with Crippen molar-refractivity contribution in [2.24, 2.45) is 5.73 Å². The number of nitrogens with two attached hydrogens (primary N) is 1. The van der Waals surface area contributed by atoms with E-state index in [-0.39, 0.29) is 12.5 Å². The SMILES string of the molecule is COCCCNC(=O)Cn1cccc1C(N)=S. The standard InChI is InChI=1S/C11H17N3O2S/c1-16-7-3-5-13-10(15)8-14-6-2-4-9(14)11(12)17/h2,4,6H,3,5,7-8H2,1H3,(H2,12,17)(H,13,15). The lowest BCUT2D eigenvalue weighted by Gasteiger charge is -2.08. The first-order chi connectivity index (χ1) is 8.15. The first-order valence-electron chi connectivity index (χ1n) is 5.35. The fraction of sp³-hybridized carbons (Fsp3) is 0.455. The summed E-state index contributed by atoms with van der Waals surface area (Å²) in [6.07, 6.45) is 2.58. The number of carbonyl (C=O) groups is 1. The van der Waals surface area contributed by atoms with Crippen LogP contribution in [0.15, 0.2) is 18.3 Å². The Kier molecular flexibility index (Phi) is 5.65. The zero-order valence-corrected chi connectivity index (χ0v) is 10.6. The molecule has 1 amide bonds. The molecule has 0 radical (unpaired) electrons. The summed E-state index contributed by atoms with van der Waals surface area (Å²) in [5.41, 5.74) is 6.24. The maximum Gasteiger partial charge on any atom is 0.239 e. The third-order valence-corrected chi connectivity index (χ3v) is 2.45. The minimum atomic E-state index is -0.0604. The number of nitrogens with zero attached hydrogens (tertiary/aromatic N) is 1. The molecule has 0 aliphatic carbocycles. The van der Waals surface area contributed by atoms with E-state index in [0.717, 1.165) is 6.42 Å². The van der Waals surface area contributed by atoms with Gasteiger partial charge < -0.3 is 20.4 Å². The van der Waals surface area contributed by atoms with E-state index in [4.69, 9.17) is 22.7 Å². The molecule has 0 aliphatic heterocycles. The highest BCUT2D eigenvalue weighted by atomic mass is 32.1. The van der Waals surface area contributed by atoms with E-state index in [1.807, 2.05) is 6.07 Å². The van der Waals surface area contributed by atoms with Gasteiger partial charge in [0.25, 0.3) is 0 Å². The number of methoxy groups -OCH3 is 1. The Labute approximate surface area is 106 Å². The van der Waals surface area contributed by atoms with Crippen molar-refractivity contribution in [3.8, 4) is 0 Å². The van der Waals surface area contributed by atoms with Crippen molar-refractivity contribution in [1.29, 1.82) is 0 Å². The fourth-order valence-electron chi connectivity index (χ4n) is 1.43. The van der Waals surface area contributed by atoms with Crippen molar-refractivity contribution in [2.75, 3.05) is 20.3 Å². The van der Waals surface area contributed by atoms with Crippen LogP contribution in [0.5, 0.6) is 0 Å². The van der Waals surface area contributed by atoms with Gasteiger partial charge in [0.1, 0.15) is 11.5 Å². The van der Waals surface area contributed by atoms with Crippen LogP contribution in [0.4, 0.5) is 0 Å². The highest BCUT2D eigenvalue weighted by Gasteiger charge is 2.07. The monoisotopic (exact) mass is 255 g/mol. The Morgan fingerprint density at radius 1 is 1.65 bits per heavy atom. The maximum absolute atomic E-state index is 11.6. The number of hydrogen-bond acceptors (Lipinski definition) is 3. The number of nitrogens with one attached hydrogen (secondary N) is 1. The Morgan fingerprint density at radius 3 is 3.06 bits per heavy atom. The van der Waals surface area contributed by atoms with Crippen molar-refractivity contribution in [3.63, 3.8) is 0 Å². The van der Waals surface area contributed by atoms with E-state index in [1.165, 1.54) is 0 Å². The van der Waals surface area contributed by atoms with Gasteiger partial charge >= 0.3 is 0 Å². The molecule has 0 saturated carbocycles. The van der Waals surface area contributed by atoms with Gasteiger partial charge in [-0.15, -0.1) is 0 Å². The molecule has 94 valence electrons. The van der Waals surface area contributed by atoms with Gasteiger partial charge in [-0.1, -0.05) is 12.2 Å². The Morgan fingerprint density at radius 2 is 2.41 bits per heavy atom. The van der Waals surface area contributed by atoms with E-state index < -0.39 is 0 Å². The van der Waals surface area contributed by atoms with Crippen molar-refractivity contribution < 1.29 is 9.53 Å². The van der Waals surface area contributed by atoms with Gasteiger partial charge in [0.2, 0.25) is 5.91 Å². The minimum Gasteiger partial charge on any atom is -0.388 e. The molecule has 1 aromatic heterocycles. The third-order valence-electron chi connectivity index (χ3n) is 2.24. The zero-order valence-electron chi connectivity index (χ0n) is 9.81. The summed E-state index contributed by atoms with van der Waals surface area (Å²) in [4.78, 5) is 11.9. The molecule has 0 aliphatic rings. The van der Waals surface area contributed by atoms with Gasteiger partial charge in [-0.3, -0.25) is 4.79 Å². The normalized spacial score (nSPS) is 10.2.